The van der Waals surface area contributed by atoms with Crippen LogP contribution in [0.15, 0.2) is 17.0 Å². The van der Waals surface area contributed by atoms with Gasteiger partial charge in [-0.1, -0.05) is 0 Å². The Hall–Kier alpha value is -1.34. The molecule has 1 N–H and O–H groups in total. The molecule has 18 heavy (non-hydrogen) atoms. The van der Waals surface area contributed by atoms with Crippen molar-refractivity contribution in [2.75, 3.05) is 26.5 Å². The van der Waals surface area contributed by atoms with Gasteiger partial charge >= 0.3 is 0 Å². The molecule has 1 aliphatic rings. The second-order valence-corrected chi connectivity index (χ2v) is 6.13. The van der Waals surface area contributed by atoms with Gasteiger partial charge in [-0.05, 0) is 13.1 Å². The van der Waals surface area contributed by atoms with Crippen molar-refractivity contribution in [3.63, 3.8) is 0 Å². The molecule has 0 aromatic heterocycles. The Morgan fingerprint density at radius 2 is 2.22 bits per heavy atom. The number of hydrogen-bond acceptors (Lipinski definition) is 5. The minimum atomic E-state index is -3.48. The van der Waals surface area contributed by atoms with E-state index in [1.54, 1.807) is 7.05 Å². The predicted molar refractivity (Wildman–Crippen MR) is 63.3 cm³/mol. The SMILES string of the molecule is CNC[C@@H]1COc2c(F)cc(S(C)(=O)=O)cc2O1. The molecule has 1 heterocycles. The maximum atomic E-state index is 13.7. The zero-order chi connectivity index (χ0) is 13.3. The lowest BCUT2D eigenvalue weighted by Gasteiger charge is -2.26. The zero-order valence-corrected chi connectivity index (χ0v) is 10.9. The maximum Gasteiger partial charge on any atom is 0.197 e. The van der Waals surface area contributed by atoms with Crippen LogP contribution in [0.2, 0.25) is 0 Å². The molecule has 2 rings (SSSR count). The molecular formula is C11H14FNO4S. The normalized spacial score (nSPS) is 18.7. The minimum absolute atomic E-state index is 0.0326. The molecule has 1 aliphatic heterocycles. The van der Waals surface area contributed by atoms with E-state index in [4.69, 9.17) is 9.47 Å². The number of halogens is 1. The minimum Gasteiger partial charge on any atom is -0.483 e. The Morgan fingerprint density at radius 1 is 1.50 bits per heavy atom. The topological polar surface area (TPSA) is 64.6 Å². The number of likely N-dealkylation sites (N-methyl/N-ethyl adjacent to an activating group) is 1. The molecule has 0 radical (unpaired) electrons. The van der Waals surface area contributed by atoms with Crippen LogP contribution in [0.25, 0.3) is 0 Å². The average molecular weight is 275 g/mol. The van der Waals surface area contributed by atoms with Crippen LogP contribution in [0, 0.1) is 5.82 Å². The van der Waals surface area contributed by atoms with Crippen molar-refractivity contribution in [2.24, 2.45) is 0 Å². The quantitative estimate of drug-likeness (QED) is 0.874. The summed E-state index contributed by atoms with van der Waals surface area (Å²) in [6, 6.07) is 2.23. The van der Waals surface area contributed by atoms with E-state index in [1.807, 2.05) is 0 Å². The van der Waals surface area contributed by atoms with Crippen LogP contribution in [0.1, 0.15) is 0 Å². The van der Waals surface area contributed by atoms with Crippen molar-refractivity contribution in [1.82, 2.24) is 5.32 Å². The molecule has 0 unspecified atom stereocenters. The third-order valence-corrected chi connectivity index (χ3v) is 3.64. The van der Waals surface area contributed by atoms with Crippen molar-refractivity contribution in [1.29, 1.82) is 0 Å². The molecular weight excluding hydrogens is 261 g/mol. The average Bonchev–Trinajstić information content (AvgIpc) is 2.27. The lowest BCUT2D eigenvalue weighted by Crippen LogP contribution is -2.37. The highest BCUT2D eigenvalue weighted by molar-refractivity contribution is 7.90. The first-order valence-electron chi connectivity index (χ1n) is 5.39. The third kappa shape index (κ3) is 2.56. The Kier molecular flexibility index (Phi) is 3.45. The maximum absolute atomic E-state index is 13.7. The van der Waals surface area contributed by atoms with Gasteiger partial charge in [-0.15, -0.1) is 0 Å². The molecule has 0 saturated carbocycles. The van der Waals surface area contributed by atoms with Crippen LogP contribution in [0.3, 0.4) is 0 Å². The lowest BCUT2D eigenvalue weighted by atomic mass is 10.2. The molecule has 1 aromatic carbocycles. The predicted octanol–water partition coefficient (Wildman–Crippen LogP) is 0.588. The molecule has 1 aromatic rings. The Bertz CT molecular complexity index is 558. The molecule has 1 atom stereocenters. The van der Waals surface area contributed by atoms with Crippen LogP contribution in [0.4, 0.5) is 4.39 Å². The smallest absolute Gasteiger partial charge is 0.197 e. The van der Waals surface area contributed by atoms with Gasteiger partial charge < -0.3 is 14.8 Å². The lowest BCUT2D eigenvalue weighted by molar-refractivity contribution is 0.0871. The molecule has 5 nitrogen and oxygen atoms in total. The van der Waals surface area contributed by atoms with E-state index in [9.17, 15) is 12.8 Å². The highest BCUT2D eigenvalue weighted by Crippen LogP contribution is 2.36. The fourth-order valence-electron chi connectivity index (χ4n) is 1.70. The molecule has 0 amide bonds. The van der Waals surface area contributed by atoms with Gasteiger partial charge in [0.15, 0.2) is 27.2 Å². The van der Waals surface area contributed by atoms with Crippen LogP contribution in [-0.2, 0) is 9.84 Å². The van der Waals surface area contributed by atoms with Gasteiger partial charge in [0.1, 0.15) is 12.7 Å². The summed E-state index contributed by atoms with van der Waals surface area (Å²) in [5.74, 6) is -0.632. The Balaban J connectivity index is 2.40. The first-order chi connectivity index (χ1) is 8.41. The zero-order valence-electron chi connectivity index (χ0n) is 10.1. The van der Waals surface area contributed by atoms with Crippen molar-refractivity contribution in [2.45, 2.75) is 11.0 Å². The summed E-state index contributed by atoms with van der Waals surface area (Å²) in [4.78, 5) is -0.118. The van der Waals surface area contributed by atoms with Crippen LogP contribution < -0.4 is 14.8 Å². The second-order valence-electron chi connectivity index (χ2n) is 4.11. The van der Waals surface area contributed by atoms with Crippen LogP contribution >= 0.6 is 0 Å². The molecule has 0 bridgehead atoms. The molecule has 0 spiro atoms. The van der Waals surface area contributed by atoms with E-state index in [2.05, 4.69) is 5.32 Å². The largest absolute Gasteiger partial charge is 0.483 e. The van der Waals surface area contributed by atoms with Crippen molar-refractivity contribution < 1.29 is 22.3 Å². The number of sulfone groups is 1. The summed E-state index contributed by atoms with van der Waals surface area (Å²) >= 11 is 0. The molecule has 100 valence electrons. The van der Waals surface area contributed by atoms with Gasteiger partial charge in [0, 0.05) is 18.9 Å². The van der Waals surface area contributed by atoms with Crippen molar-refractivity contribution in [3.05, 3.63) is 17.9 Å². The summed E-state index contributed by atoms with van der Waals surface area (Å²) in [7, 11) is -1.72. The van der Waals surface area contributed by atoms with Gasteiger partial charge in [0.25, 0.3) is 0 Å². The first kappa shape index (κ1) is 13.1. The molecule has 7 heteroatoms. The van der Waals surface area contributed by atoms with E-state index in [0.717, 1.165) is 12.3 Å². The number of fused-ring (bicyclic) bond motifs is 1. The Labute approximate surface area is 105 Å². The first-order valence-corrected chi connectivity index (χ1v) is 7.28. The van der Waals surface area contributed by atoms with Gasteiger partial charge in [-0.3, -0.25) is 0 Å². The monoisotopic (exact) mass is 275 g/mol. The summed E-state index contributed by atoms with van der Waals surface area (Å²) in [5.41, 5.74) is 0. The van der Waals surface area contributed by atoms with E-state index >= 15 is 0 Å². The third-order valence-electron chi connectivity index (χ3n) is 2.55. The number of ether oxygens (including phenoxy) is 2. The summed E-state index contributed by atoms with van der Waals surface area (Å²) < 4.78 is 47.2. The number of nitrogens with one attached hydrogen (secondary N) is 1. The highest BCUT2D eigenvalue weighted by Gasteiger charge is 2.25. The van der Waals surface area contributed by atoms with Crippen LogP contribution in [-0.4, -0.2) is 41.0 Å². The molecule has 0 saturated heterocycles. The van der Waals surface area contributed by atoms with E-state index < -0.39 is 15.7 Å². The fourth-order valence-corrected chi connectivity index (χ4v) is 2.34. The fraction of sp³-hybridized carbons (Fsp3) is 0.455. The van der Waals surface area contributed by atoms with Gasteiger partial charge in [-0.2, -0.15) is 0 Å². The number of benzene rings is 1. The standard InChI is InChI=1S/C11H14FNO4S/c1-13-5-7-6-16-11-9(12)3-8(18(2,14)15)4-10(11)17-7/h3-4,7,13H,5-6H2,1-2H3/t7-/m1/s1. The van der Waals surface area contributed by atoms with Crippen LogP contribution in [0.5, 0.6) is 11.5 Å². The highest BCUT2D eigenvalue weighted by atomic mass is 32.2. The Morgan fingerprint density at radius 3 is 2.83 bits per heavy atom. The summed E-state index contributed by atoms with van der Waals surface area (Å²) in [6.07, 6.45) is 0.750. The van der Waals surface area contributed by atoms with Gasteiger partial charge in [0.05, 0.1) is 4.90 Å². The van der Waals surface area contributed by atoms with Gasteiger partial charge in [-0.25, -0.2) is 12.8 Å². The molecule has 0 fully saturated rings. The molecule has 0 aliphatic carbocycles. The summed E-state index contributed by atoms with van der Waals surface area (Å²) in [5, 5.41) is 2.91. The van der Waals surface area contributed by atoms with Crippen molar-refractivity contribution in [3.8, 4) is 11.5 Å². The summed E-state index contributed by atoms with van der Waals surface area (Å²) in [6.45, 7) is 0.757. The van der Waals surface area contributed by atoms with Crippen molar-refractivity contribution >= 4 is 9.84 Å². The van der Waals surface area contributed by atoms with E-state index in [0.29, 0.717) is 6.54 Å². The second kappa shape index (κ2) is 4.74. The number of rotatable bonds is 3. The number of hydrogen-bond donors (Lipinski definition) is 1. The van der Waals surface area contributed by atoms with Gasteiger partial charge in [0.2, 0.25) is 0 Å². The van der Waals surface area contributed by atoms with E-state index in [1.165, 1.54) is 6.07 Å². The van der Waals surface area contributed by atoms with E-state index in [-0.39, 0.29) is 29.1 Å².